The molecule has 0 bridgehead atoms. The second-order valence-corrected chi connectivity index (χ2v) is 9.52. The first-order chi connectivity index (χ1) is 16.8. The van der Waals surface area contributed by atoms with E-state index in [9.17, 15) is 27.9 Å². The molecule has 0 saturated carbocycles. The molecule has 0 aliphatic heterocycles. The predicted octanol–water partition coefficient (Wildman–Crippen LogP) is 4.65. The third kappa shape index (κ3) is 7.18. The van der Waals surface area contributed by atoms with E-state index in [1.807, 2.05) is 0 Å². The number of benzene rings is 2. The molecule has 2 aromatic carbocycles. The van der Waals surface area contributed by atoms with Crippen LogP contribution in [0.5, 0.6) is 11.5 Å². The minimum Gasteiger partial charge on any atom is -0.493 e. The number of aliphatic carboxylic acids is 1. The number of hydrogen-bond acceptors (Lipinski definition) is 7. The maximum Gasteiger partial charge on any atom is 0.416 e. The van der Waals surface area contributed by atoms with Crippen molar-refractivity contribution in [3.8, 4) is 17.2 Å². The van der Waals surface area contributed by atoms with Crippen LogP contribution in [0, 0.1) is 5.41 Å². The molecule has 8 nitrogen and oxygen atoms in total. The molecular weight excluding hydrogens is 535 g/mol. The average Bonchev–Trinajstić information content (AvgIpc) is 2.83. The standard InChI is InChI=1S/C24H24F3N3O5S.ClH/c1-23(2,19(28)22(32)33)13-35-17-9-6-15(12-18(17)34-3)30-11-10-29-20(21(30)31)36-16-7-4-14(5-8-16)24(25,26)27;/h4-12,19H,13,28H2,1-3H3,(H,32,33);1H. The Kier molecular flexibility index (Phi) is 9.64. The lowest BCUT2D eigenvalue weighted by Crippen LogP contribution is -2.47. The van der Waals surface area contributed by atoms with Gasteiger partial charge in [-0.25, -0.2) is 4.98 Å². The molecule has 0 amide bonds. The van der Waals surface area contributed by atoms with Gasteiger partial charge >= 0.3 is 12.1 Å². The van der Waals surface area contributed by atoms with Crippen molar-refractivity contribution in [3.05, 3.63) is 70.8 Å². The van der Waals surface area contributed by atoms with Gasteiger partial charge in [-0.3, -0.25) is 14.2 Å². The number of methoxy groups -OCH3 is 1. The Morgan fingerprint density at radius 2 is 1.81 bits per heavy atom. The summed E-state index contributed by atoms with van der Waals surface area (Å²) in [6, 6.07) is 8.04. The molecule has 1 aromatic heterocycles. The van der Waals surface area contributed by atoms with Gasteiger partial charge in [0.1, 0.15) is 6.04 Å². The van der Waals surface area contributed by atoms with Crippen LogP contribution in [0.2, 0.25) is 0 Å². The van der Waals surface area contributed by atoms with E-state index in [4.69, 9.17) is 15.2 Å². The Balaban J connectivity index is 0.00000481. The van der Waals surface area contributed by atoms with Crippen LogP contribution in [0.4, 0.5) is 13.2 Å². The van der Waals surface area contributed by atoms with E-state index in [1.54, 1.807) is 32.0 Å². The summed E-state index contributed by atoms with van der Waals surface area (Å²) in [5, 5.41) is 9.24. The number of aromatic nitrogens is 2. The van der Waals surface area contributed by atoms with Crippen molar-refractivity contribution < 1.29 is 32.5 Å². The first-order valence-electron chi connectivity index (χ1n) is 10.6. The van der Waals surface area contributed by atoms with Gasteiger partial charge in [-0.05, 0) is 36.4 Å². The van der Waals surface area contributed by atoms with Crippen LogP contribution in [-0.2, 0) is 11.0 Å². The van der Waals surface area contributed by atoms with Crippen LogP contribution in [0.1, 0.15) is 19.4 Å². The summed E-state index contributed by atoms with van der Waals surface area (Å²) in [6.07, 6.45) is -1.60. The molecule has 0 spiro atoms. The number of nitrogens with two attached hydrogens (primary N) is 1. The molecule has 1 atom stereocenters. The van der Waals surface area contributed by atoms with Crippen LogP contribution in [0.25, 0.3) is 5.69 Å². The predicted molar refractivity (Wildman–Crippen MR) is 134 cm³/mol. The van der Waals surface area contributed by atoms with Gasteiger partial charge in [0, 0.05) is 28.8 Å². The number of carboxylic acid groups (broad SMARTS) is 1. The SMILES string of the molecule is COc1cc(-n2ccnc(Sc3ccc(C(F)(F)F)cc3)c2=O)ccc1OCC(C)(C)C(N)C(=O)O.Cl. The van der Waals surface area contributed by atoms with Crippen LogP contribution < -0.4 is 20.8 Å². The van der Waals surface area contributed by atoms with Crippen LogP contribution in [0.3, 0.4) is 0 Å². The summed E-state index contributed by atoms with van der Waals surface area (Å²) in [4.78, 5) is 28.8. The molecule has 3 rings (SSSR count). The molecule has 13 heteroatoms. The molecule has 200 valence electrons. The highest BCUT2D eigenvalue weighted by Gasteiger charge is 2.33. The number of ether oxygens (including phenoxy) is 2. The lowest BCUT2D eigenvalue weighted by molar-refractivity contribution is -0.142. The maximum absolute atomic E-state index is 13.0. The number of alkyl halides is 3. The molecular formula is C24H25ClF3N3O5S. The van der Waals surface area contributed by atoms with Gasteiger partial charge in [0.15, 0.2) is 16.5 Å². The van der Waals surface area contributed by atoms with E-state index in [0.29, 0.717) is 22.1 Å². The number of rotatable bonds is 9. The first-order valence-corrected chi connectivity index (χ1v) is 11.4. The fourth-order valence-corrected chi connectivity index (χ4v) is 3.90. The zero-order valence-electron chi connectivity index (χ0n) is 20.0. The molecule has 0 radical (unpaired) electrons. The fraction of sp³-hybridized carbons (Fsp3) is 0.292. The van der Waals surface area contributed by atoms with Gasteiger partial charge in [0.25, 0.3) is 5.56 Å². The summed E-state index contributed by atoms with van der Waals surface area (Å²) in [6.45, 7) is 3.33. The van der Waals surface area contributed by atoms with E-state index in [1.165, 1.54) is 36.2 Å². The zero-order chi connectivity index (χ0) is 26.7. The van der Waals surface area contributed by atoms with Gasteiger partial charge in [-0.2, -0.15) is 13.2 Å². The summed E-state index contributed by atoms with van der Waals surface area (Å²) in [5.74, 6) is -0.519. The molecule has 0 saturated heterocycles. The minimum atomic E-state index is -4.45. The summed E-state index contributed by atoms with van der Waals surface area (Å²) >= 11 is 0.944. The third-order valence-corrected chi connectivity index (χ3v) is 6.32. The molecule has 0 aliphatic carbocycles. The highest BCUT2D eigenvalue weighted by molar-refractivity contribution is 7.99. The Bertz CT molecular complexity index is 1300. The van der Waals surface area contributed by atoms with Crippen molar-refractivity contribution in [2.75, 3.05) is 13.7 Å². The highest BCUT2D eigenvalue weighted by Crippen LogP contribution is 2.33. The average molecular weight is 560 g/mol. The van der Waals surface area contributed by atoms with Crippen LogP contribution >= 0.6 is 24.2 Å². The highest BCUT2D eigenvalue weighted by atomic mass is 35.5. The van der Waals surface area contributed by atoms with Gasteiger partial charge in [0.05, 0.1) is 25.0 Å². The van der Waals surface area contributed by atoms with Crippen LogP contribution in [0.15, 0.2) is 69.6 Å². The smallest absolute Gasteiger partial charge is 0.416 e. The molecule has 1 heterocycles. The monoisotopic (exact) mass is 559 g/mol. The lowest BCUT2D eigenvalue weighted by Gasteiger charge is -2.28. The Hall–Kier alpha value is -3.22. The number of hydrogen-bond donors (Lipinski definition) is 2. The molecule has 3 aromatic rings. The lowest BCUT2D eigenvalue weighted by atomic mass is 9.86. The van der Waals surface area contributed by atoms with Gasteiger partial charge < -0.3 is 20.3 Å². The second-order valence-electron chi connectivity index (χ2n) is 8.46. The number of carboxylic acids is 1. The molecule has 0 aliphatic rings. The van der Waals surface area contributed by atoms with Crippen molar-refractivity contribution in [1.29, 1.82) is 0 Å². The van der Waals surface area contributed by atoms with Crippen molar-refractivity contribution in [2.45, 2.75) is 36.0 Å². The largest absolute Gasteiger partial charge is 0.493 e. The number of carbonyl (C=O) groups is 1. The van der Waals surface area contributed by atoms with Gasteiger partial charge in [-0.1, -0.05) is 25.6 Å². The Morgan fingerprint density at radius 1 is 1.16 bits per heavy atom. The van der Waals surface area contributed by atoms with Crippen molar-refractivity contribution in [3.63, 3.8) is 0 Å². The quantitative estimate of drug-likeness (QED) is 0.389. The van der Waals surface area contributed by atoms with E-state index in [0.717, 1.165) is 23.9 Å². The summed E-state index contributed by atoms with van der Waals surface area (Å²) in [5.41, 5.74) is 4.03. The Labute approximate surface area is 221 Å². The number of halogens is 4. The maximum atomic E-state index is 13.0. The van der Waals surface area contributed by atoms with Crippen LogP contribution in [-0.4, -0.2) is 40.4 Å². The van der Waals surface area contributed by atoms with E-state index in [-0.39, 0.29) is 24.0 Å². The molecule has 0 fully saturated rings. The van der Waals surface area contributed by atoms with E-state index in [2.05, 4.69) is 4.98 Å². The summed E-state index contributed by atoms with van der Waals surface area (Å²) < 4.78 is 50.9. The van der Waals surface area contributed by atoms with Gasteiger partial charge in [-0.15, -0.1) is 12.4 Å². The van der Waals surface area contributed by atoms with Crippen molar-refractivity contribution in [1.82, 2.24) is 9.55 Å². The number of nitrogens with zero attached hydrogens (tertiary/aromatic N) is 2. The fourth-order valence-electron chi connectivity index (χ4n) is 3.10. The molecule has 1 unspecified atom stereocenters. The van der Waals surface area contributed by atoms with E-state index < -0.39 is 34.7 Å². The third-order valence-electron chi connectivity index (χ3n) is 5.34. The van der Waals surface area contributed by atoms with E-state index >= 15 is 0 Å². The topological polar surface area (TPSA) is 117 Å². The Morgan fingerprint density at radius 3 is 2.38 bits per heavy atom. The second kappa shape index (κ2) is 11.9. The zero-order valence-corrected chi connectivity index (χ0v) is 21.6. The molecule has 37 heavy (non-hydrogen) atoms. The van der Waals surface area contributed by atoms with Gasteiger partial charge in [0.2, 0.25) is 0 Å². The van der Waals surface area contributed by atoms with Crippen molar-refractivity contribution >= 4 is 30.1 Å². The molecule has 3 N–H and O–H groups in total. The normalized spacial score (nSPS) is 12.4. The first kappa shape index (κ1) is 30.0. The summed E-state index contributed by atoms with van der Waals surface area (Å²) in [7, 11) is 1.42. The van der Waals surface area contributed by atoms with Crippen molar-refractivity contribution in [2.24, 2.45) is 11.1 Å². The minimum absolute atomic E-state index is 0.